The molecule has 0 aliphatic carbocycles. The molecular formula is C16H17N5OS. The summed E-state index contributed by atoms with van der Waals surface area (Å²) >= 11 is 1.39. The fraction of sp³-hybridized carbons (Fsp3) is 0.250. The number of aromatic nitrogens is 3. The number of nitrogens with zero attached hydrogens (tertiary/aromatic N) is 3. The van der Waals surface area contributed by atoms with Crippen molar-refractivity contribution < 1.29 is 4.79 Å². The van der Waals surface area contributed by atoms with Gasteiger partial charge in [0.25, 0.3) is 5.91 Å². The average molecular weight is 327 g/mol. The molecule has 0 bridgehead atoms. The van der Waals surface area contributed by atoms with E-state index in [4.69, 9.17) is 0 Å². The summed E-state index contributed by atoms with van der Waals surface area (Å²) in [6.45, 7) is 5.16. The molecule has 3 aromatic heterocycles. The van der Waals surface area contributed by atoms with Gasteiger partial charge in [-0.25, -0.2) is 9.97 Å². The van der Waals surface area contributed by atoms with Crippen molar-refractivity contribution in [2.45, 2.75) is 20.4 Å². The van der Waals surface area contributed by atoms with Crippen LogP contribution in [0.1, 0.15) is 27.7 Å². The van der Waals surface area contributed by atoms with Gasteiger partial charge in [0, 0.05) is 25.5 Å². The Kier molecular flexibility index (Phi) is 4.47. The number of aryl methyl sites for hydroxylation is 1. The first-order chi connectivity index (χ1) is 11.2. The molecule has 0 spiro atoms. The van der Waals surface area contributed by atoms with E-state index in [-0.39, 0.29) is 5.91 Å². The van der Waals surface area contributed by atoms with Gasteiger partial charge in [0.05, 0.1) is 10.3 Å². The van der Waals surface area contributed by atoms with Crippen LogP contribution in [0.15, 0.2) is 30.9 Å². The number of carbonyl (C=O) groups is 1. The minimum atomic E-state index is -0.100. The highest BCUT2D eigenvalue weighted by Gasteiger charge is 2.18. The highest BCUT2D eigenvalue weighted by Crippen LogP contribution is 2.33. The van der Waals surface area contributed by atoms with Gasteiger partial charge < -0.3 is 10.6 Å². The predicted octanol–water partition coefficient (Wildman–Crippen LogP) is 2.76. The van der Waals surface area contributed by atoms with Gasteiger partial charge in [-0.05, 0) is 31.0 Å². The van der Waals surface area contributed by atoms with Crippen molar-refractivity contribution in [3.8, 4) is 0 Å². The summed E-state index contributed by atoms with van der Waals surface area (Å²) in [5.41, 5.74) is 1.87. The van der Waals surface area contributed by atoms with Crippen LogP contribution < -0.4 is 10.6 Å². The molecule has 6 nitrogen and oxygen atoms in total. The van der Waals surface area contributed by atoms with Crippen molar-refractivity contribution in [1.29, 1.82) is 0 Å². The fourth-order valence-corrected chi connectivity index (χ4v) is 3.42. The minimum absolute atomic E-state index is 0.100. The number of fused-ring (bicyclic) bond motifs is 1. The lowest BCUT2D eigenvalue weighted by Gasteiger charge is -2.05. The largest absolute Gasteiger partial charge is 0.370 e. The second kappa shape index (κ2) is 6.70. The average Bonchev–Trinajstić information content (AvgIpc) is 2.92. The lowest BCUT2D eigenvalue weighted by Crippen LogP contribution is -2.22. The van der Waals surface area contributed by atoms with Crippen LogP contribution in [0.25, 0.3) is 10.2 Å². The SMILES string of the molecule is CCNc1ncnc2sc(C(=O)NCc3cccnc3)c(C)c12. The number of carbonyl (C=O) groups excluding carboxylic acids is 1. The fourth-order valence-electron chi connectivity index (χ4n) is 2.36. The van der Waals surface area contributed by atoms with Crippen molar-refractivity contribution in [2.24, 2.45) is 0 Å². The van der Waals surface area contributed by atoms with Crippen molar-refractivity contribution in [3.05, 3.63) is 46.9 Å². The lowest BCUT2D eigenvalue weighted by atomic mass is 10.2. The molecule has 3 heterocycles. The number of anilines is 1. The number of rotatable bonds is 5. The number of amides is 1. The summed E-state index contributed by atoms with van der Waals surface area (Å²) in [6.07, 6.45) is 4.97. The van der Waals surface area contributed by atoms with E-state index < -0.39 is 0 Å². The Morgan fingerprint density at radius 2 is 2.22 bits per heavy atom. The van der Waals surface area contributed by atoms with E-state index in [0.717, 1.165) is 33.7 Å². The van der Waals surface area contributed by atoms with Gasteiger partial charge >= 0.3 is 0 Å². The molecule has 3 aromatic rings. The first kappa shape index (κ1) is 15.4. The van der Waals surface area contributed by atoms with Crippen LogP contribution >= 0.6 is 11.3 Å². The quantitative estimate of drug-likeness (QED) is 0.753. The molecule has 0 aliphatic rings. The van der Waals surface area contributed by atoms with Crippen LogP contribution in [-0.4, -0.2) is 27.4 Å². The zero-order chi connectivity index (χ0) is 16.2. The van der Waals surface area contributed by atoms with Gasteiger partial charge in [-0.15, -0.1) is 11.3 Å². The summed E-state index contributed by atoms with van der Waals surface area (Å²) in [6, 6.07) is 3.78. The van der Waals surface area contributed by atoms with E-state index in [9.17, 15) is 4.79 Å². The van der Waals surface area contributed by atoms with Crippen LogP contribution in [0, 0.1) is 6.92 Å². The van der Waals surface area contributed by atoms with E-state index in [1.54, 1.807) is 12.4 Å². The van der Waals surface area contributed by atoms with Gasteiger partial charge in [0.15, 0.2) is 0 Å². The van der Waals surface area contributed by atoms with Crippen LogP contribution in [0.3, 0.4) is 0 Å². The predicted molar refractivity (Wildman–Crippen MR) is 91.7 cm³/mol. The molecule has 2 N–H and O–H groups in total. The molecule has 3 rings (SSSR count). The Bertz CT molecular complexity index is 831. The summed E-state index contributed by atoms with van der Waals surface area (Å²) in [5.74, 6) is 0.675. The third-order valence-corrected chi connectivity index (χ3v) is 4.65. The maximum Gasteiger partial charge on any atom is 0.261 e. The van der Waals surface area contributed by atoms with E-state index in [0.29, 0.717) is 11.4 Å². The molecule has 1 amide bonds. The molecule has 0 fully saturated rings. The van der Waals surface area contributed by atoms with Gasteiger partial charge in [-0.1, -0.05) is 6.07 Å². The Balaban J connectivity index is 1.86. The zero-order valence-corrected chi connectivity index (χ0v) is 13.8. The second-order valence-corrected chi connectivity index (χ2v) is 6.03. The molecule has 0 aliphatic heterocycles. The molecule has 0 saturated carbocycles. The van der Waals surface area contributed by atoms with E-state index >= 15 is 0 Å². The minimum Gasteiger partial charge on any atom is -0.370 e. The monoisotopic (exact) mass is 327 g/mol. The molecule has 118 valence electrons. The van der Waals surface area contributed by atoms with Gasteiger partial charge in [0.2, 0.25) is 0 Å². The van der Waals surface area contributed by atoms with Crippen molar-refractivity contribution in [2.75, 3.05) is 11.9 Å². The standard InChI is InChI=1S/C16H17N5OS/c1-3-18-14-12-10(2)13(23-16(12)21-9-20-14)15(22)19-8-11-5-4-6-17-7-11/h4-7,9H,3,8H2,1-2H3,(H,19,22)(H,18,20,21). The zero-order valence-electron chi connectivity index (χ0n) is 13.0. The molecule has 0 saturated heterocycles. The van der Waals surface area contributed by atoms with Crippen LogP contribution in [0.2, 0.25) is 0 Å². The van der Waals surface area contributed by atoms with E-state index in [1.807, 2.05) is 26.0 Å². The highest BCUT2D eigenvalue weighted by molar-refractivity contribution is 7.20. The smallest absolute Gasteiger partial charge is 0.261 e. The number of nitrogens with one attached hydrogen (secondary N) is 2. The Morgan fingerprint density at radius 3 is 2.96 bits per heavy atom. The van der Waals surface area contributed by atoms with E-state index in [1.165, 1.54) is 17.7 Å². The molecule has 0 radical (unpaired) electrons. The number of hydrogen-bond acceptors (Lipinski definition) is 6. The van der Waals surface area contributed by atoms with Gasteiger partial charge in [-0.2, -0.15) is 0 Å². The van der Waals surface area contributed by atoms with Gasteiger partial charge in [-0.3, -0.25) is 9.78 Å². The van der Waals surface area contributed by atoms with Crippen LogP contribution in [0.4, 0.5) is 5.82 Å². The second-order valence-electron chi connectivity index (χ2n) is 5.03. The molecule has 0 atom stereocenters. The normalized spacial score (nSPS) is 10.7. The first-order valence-corrected chi connectivity index (χ1v) is 8.17. The maximum absolute atomic E-state index is 12.5. The van der Waals surface area contributed by atoms with Crippen molar-refractivity contribution in [1.82, 2.24) is 20.3 Å². The summed E-state index contributed by atoms with van der Waals surface area (Å²) in [7, 11) is 0. The van der Waals surface area contributed by atoms with Crippen molar-refractivity contribution >= 4 is 33.3 Å². The molecule has 0 unspecified atom stereocenters. The molecular weight excluding hydrogens is 310 g/mol. The third-order valence-electron chi connectivity index (χ3n) is 3.45. The topological polar surface area (TPSA) is 79.8 Å². The summed E-state index contributed by atoms with van der Waals surface area (Å²) in [5, 5.41) is 7.07. The summed E-state index contributed by atoms with van der Waals surface area (Å²) in [4.78, 5) is 26.6. The Labute approximate surface area is 138 Å². The Morgan fingerprint density at radius 1 is 1.35 bits per heavy atom. The Hall–Kier alpha value is -2.54. The number of hydrogen-bond donors (Lipinski definition) is 2. The van der Waals surface area contributed by atoms with Crippen LogP contribution in [-0.2, 0) is 6.54 Å². The first-order valence-electron chi connectivity index (χ1n) is 7.35. The molecule has 0 aromatic carbocycles. The van der Waals surface area contributed by atoms with Crippen LogP contribution in [0.5, 0.6) is 0 Å². The highest BCUT2D eigenvalue weighted by atomic mass is 32.1. The van der Waals surface area contributed by atoms with Crippen molar-refractivity contribution in [3.63, 3.8) is 0 Å². The molecule has 23 heavy (non-hydrogen) atoms. The number of thiophene rings is 1. The lowest BCUT2D eigenvalue weighted by molar-refractivity contribution is 0.0954. The summed E-state index contributed by atoms with van der Waals surface area (Å²) < 4.78 is 0. The maximum atomic E-state index is 12.5. The van der Waals surface area contributed by atoms with E-state index in [2.05, 4.69) is 25.6 Å². The number of pyridine rings is 1. The third kappa shape index (κ3) is 3.14. The van der Waals surface area contributed by atoms with Gasteiger partial charge in [0.1, 0.15) is 17.0 Å². The molecule has 7 heteroatoms.